The van der Waals surface area contributed by atoms with E-state index < -0.39 is 5.79 Å². The number of hydrogen-bond donors (Lipinski definition) is 0. The number of carbonyl (C=O) groups excluding carboxylic acids is 1. The average Bonchev–Trinajstić information content (AvgIpc) is 2.68. The Hall–Kier alpha value is -0.840. The van der Waals surface area contributed by atoms with Crippen molar-refractivity contribution in [3.63, 3.8) is 0 Å². The Bertz CT molecular complexity index is 585. The average molecular weight is 516 g/mol. The highest BCUT2D eigenvalue weighted by atomic mass is 127. The summed E-state index contributed by atoms with van der Waals surface area (Å²) in [6.07, 6.45) is 17.2. The van der Waals surface area contributed by atoms with Crippen LogP contribution in [0.2, 0.25) is 0 Å². The molecule has 29 heavy (non-hydrogen) atoms. The Kier molecular flexibility index (Phi) is 13.6. The lowest BCUT2D eigenvalue weighted by Crippen LogP contribution is -2.47. The molecule has 0 aromatic rings. The first-order chi connectivity index (χ1) is 13.9. The minimum Gasteiger partial charge on any atom is -0.469 e. The molecule has 1 fully saturated rings. The quantitative estimate of drug-likeness (QED) is 0.0828. The number of alkyl halides is 1. The first-order valence-corrected chi connectivity index (χ1v) is 12.0. The highest BCUT2D eigenvalue weighted by Gasteiger charge is 2.37. The second-order valence-corrected chi connectivity index (χ2v) is 9.36. The maximum atomic E-state index is 11.1. The zero-order chi connectivity index (χ0) is 21.5. The highest BCUT2D eigenvalue weighted by Crippen LogP contribution is 2.32. The third-order valence-electron chi connectivity index (χ3n) is 4.62. The summed E-state index contributed by atoms with van der Waals surface area (Å²) in [5, 5.41) is 0. The van der Waals surface area contributed by atoms with Gasteiger partial charge in [0.25, 0.3) is 0 Å². The summed E-state index contributed by atoms with van der Waals surface area (Å²) in [5.74, 6) is 5.62. The van der Waals surface area contributed by atoms with E-state index in [1.54, 1.807) is 0 Å². The molecule has 0 amide bonds. The minimum absolute atomic E-state index is 0.0503. The van der Waals surface area contributed by atoms with Gasteiger partial charge in [-0.05, 0) is 33.1 Å². The van der Waals surface area contributed by atoms with Crippen LogP contribution in [0, 0.1) is 11.8 Å². The van der Waals surface area contributed by atoms with Crippen LogP contribution in [-0.4, -0.2) is 35.0 Å². The van der Waals surface area contributed by atoms with Gasteiger partial charge in [0.2, 0.25) is 0 Å². The number of carbonyl (C=O) groups is 1. The van der Waals surface area contributed by atoms with E-state index in [4.69, 9.17) is 9.47 Å². The van der Waals surface area contributed by atoms with Gasteiger partial charge < -0.3 is 14.2 Å². The maximum absolute atomic E-state index is 11.1. The first kappa shape index (κ1) is 26.2. The Balaban J connectivity index is 2.45. The Morgan fingerprint density at radius 3 is 2.76 bits per heavy atom. The normalized spacial score (nSPS) is 22.4. The minimum atomic E-state index is -0.597. The van der Waals surface area contributed by atoms with Gasteiger partial charge in [-0.15, -0.1) is 11.8 Å². The third kappa shape index (κ3) is 12.5. The Labute approximate surface area is 191 Å². The fourth-order valence-corrected chi connectivity index (χ4v) is 3.77. The number of allylic oxidation sites excluding steroid dienone is 3. The molecule has 0 unspecified atom stereocenters. The van der Waals surface area contributed by atoms with Crippen molar-refractivity contribution in [3.8, 4) is 11.8 Å². The van der Waals surface area contributed by atoms with Crippen molar-refractivity contribution in [3.05, 3.63) is 24.3 Å². The van der Waals surface area contributed by atoms with Crippen LogP contribution < -0.4 is 0 Å². The molecule has 0 radical (unpaired) electrons. The largest absolute Gasteiger partial charge is 0.469 e. The van der Waals surface area contributed by atoms with Gasteiger partial charge in [0.15, 0.2) is 5.79 Å². The van der Waals surface area contributed by atoms with Gasteiger partial charge >= 0.3 is 5.97 Å². The SMILES string of the molecule is CCCCC/C=C/C=C/[C@H]1C[C@@H]([C@H](I)CC#CCCCC(=O)OC)OC(C)(C)O1. The lowest BCUT2D eigenvalue weighted by molar-refractivity contribution is -0.288. The molecule has 1 aliphatic rings. The predicted molar refractivity (Wildman–Crippen MR) is 127 cm³/mol. The fraction of sp³-hybridized carbons (Fsp3) is 0.708. The molecule has 0 aromatic heterocycles. The number of halogens is 1. The van der Waals surface area contributed by atoms with Crippen LogP contribution in [0.15, 0.2) is 24.3 Å². The summed E-state index contributed by atoms with van der Waals surface area (Å²) in [4.78, 5) is 11.1. The van der Waals surface area contributed by atoms with E-state index in [0.29, 0.717) is 16.8 Å². The van der Waals surface area contributed by atoms with Crippen LogP contribution >= 0.6 is 22.6 Å². The Morgan fingerprint density at radius 1 is 1.24 bits per heavy atom. The van der Waals surface area contributed by atoms with E-state index in [-0.39, 0.29) is 18.2 Å². The lowest BCUT2D eigenvalue weighted by atomic mass is 10.0. The summed E-state index contributed by atoms with van der Waals surface area (Å²) in [7, 11) is 1.41. The topological polar surface area (TPSA) is 44.8 Å². The van der Waals surface area contributed by atoms with Crippen LogP contribution in [0.3, 0.4) is 0 Å². The Morgan fingerprint density at radius 2 is 2.03 bits per heavy atom. The van der Waals surface area contributed by atoms with Crippen LogP contribution in [-0.2, 0) is 19.0 Å². The van der Waals surface area contributed by atoms with Gasteiger partial charge in [0.1, 0.15) is 0 Å². The molecule has 5 heteroatoms. The van der Waals surface area contributed by atoms with Gasteiger partial charge in [-0.3, -0.25) is 4.79 Å². The van der Waals surface area contributed by atoms with E-state index in [9.17, 15) is 4.79 Å². The molecular formula is C24H37IO4. The van der Waals surface area contributed by atoms with Gasteiger partial charge in [-0.1, -0.05) is 66.7 Å². The van der Waals surface area contributed by atoms with E-state index in [1.807, 2.05) is 13.8 Å². The highest BCUT2D eigenvalue weighted by molar-refractivity contribution is 14.1. The molecule has 4 nitrogen and oxygen atoms in total. The molecule has 1 rings (SSSR count). The van der Waals surface area contributed by atoms with E-state index in [0.717, 1.165) is 25.7 Å². The number of esters is 1. The zero-order valence-corrected chi connectivity index (χ0v) is 20.6. The molecule has 1 heterocycles. The molecule has 0 N–H and O–H groups in total. The van der Waals surface area contributed by atoms with Crippen LogP contribution in [0.4, 0.5) is 0 Å². The summed E-state index contributed by atoms with van der Waals surface area (Å²) in [5.41, 5.74) is 0. The predicted octanol–water partition coefficient (Wildman–Crippen LogP) is 6.13. The van der Waals surface area contributed by atoms with Crippen LogP contribution in [0.25, 0.3) is 0 Å². The number of rotatable bonds is 11. The number of ether oxygens (including phenoxy) is 3. The van der Waals surface area contributed by atoms with Crippen molar-refractivity contribution in [2.45, 2.75) is 100 Å². The van der Waals surface area contributed by atoms with Gasteiger partial charge in [0.05, 0.1) is 19.3 Å². The van der Waals surface area contributed by atoms with Crippen molar-refractivity contribution in [2.75, 3.05) is 7.11 Å². The standard InChI is InChI=1S/C24H37IO4/c1-5-6-7-8-9-10-13-16-20-19-22(29-24(2,3)28-20)21(25)17-14-11-12-15-18-23(26)27-4/h9-10,13,16,20-22H,5-8,12,15,17-19H2,1-4H3/b10-9+,16-13+/t20-,21+,22-/m0/s1. The molecule has 1 aliphatic heterocycles. The van der Waals surface area contributed by atoms with Gasteiger partial charge in [-0.2, -0.15) is 0 Å². The fourth-order valence-electron chi connectivity index (χ4n) is 3.11. The monoisotopic (exact) mass is 516 g/mol. The lowest BCUT2D eigenvalue weighted by Gasteiger charge is -2.41. The molecule has 0 saturated carbocycles. The zero-order valence-electron chi connectivity index (χ0n) is 18.4. The summed E-state index contributed by atoms with van der Waals surface area (Å²) < 4.78 is 17.1. The van der Waals surface area contributed by atoms with Gasteiger partial charge in [-0.25, -0.2) is 0 Å². The van der Waals surface area contributed by atoms with Crippen molar-refractivity contribution in [1.82, 2.24) is 0 Å². The molecule has 3 atom stereocenters. The second-order valence-electron chi connectivity index (χ2n) is 7.76. The number of hydrogen-bond acceptors (Lipinski definition) is 4. The maximum Gasteiger partial charge on any atom is 0.305 e. The van der Waals surface area contributed by atoms with Crippen molar-refractivity contribution < 1.29 is 19.0 Å². The molecule has 1 saturated heterocycles. The molecule has 0 bridgehead atoms. The van der Waals surface area contributed by atoms with Gasteiger partial charge in [0, 0.05) is 29.6 Å². The second kappa shape index (κ2) is 15.0. The smallest absolute Gasteiger partial charge is 0.305 e. The molecule has 0 spiro atoms. The molecule has 164 valence electrons. The van der Waals surface area contributed by atoms with Crippen molar-refractivity contribution in [1.29, 1.82) is 0 Å². The number of methoxy groups -OCH3 is 1. The number of unbranched alkanes of at least 4 members (excludes halogenated alkanes) is 4. The van der Waals surface area contributed by atoms with E-state index in [2.05, 4.69) is 70.4 Å². The molecule has 0 aromatic carbocycles. The van der Waals surface area contributed by atoms with Crippen molar-refractivity contribution in [2.24, 2.45) is 0 Å². The summed E-state index contributed by atoms with van der Waals surface area (Å²) in [6.45, 7) is 6.17. The van der Waals surface area contributed by atoms with Crippen molar-refractivity contribution >= 4 is 28.6 Å². The van der Waals surface area contributed by atoms with E-state index >= 15 is 0 Å². The molecular weight excluding hydrogens is 479 g/mol. The molecule has 0 aliphatic carbocycles. The summed E-state index contributed by atoms with van der Waals surface area (Å²) in [6, 6.07) is 0. The van der Waals surface area contributed by atoms with Crippen LogP contribution in [0.1, 0.15) is 78.6 Å². The van der Waals surface area contributed by atoms with Crippen LogP contribution in [0.5, 0.6) is 0 Å². The third-order valence-corrected chi connectivity index (χ3v) is 5.86. The first-order valence-electron chi connectivity index (χ1n) is 10.7. The van der Waals surface area contributed by atoms with E-state index in [1.165, 1.54) is 26.4 Å². The summed E-state index contributed by atoms with van der Waals surface area (Å²) >= 11 is 2.43.